The number of nitrogens with one attached hydrogen (secondary N) is 1. The Hall–Kier alpha value is -3.03. The molecule has 0 aliphatic rings. The lowest BCUT2D eigenvalue weighted by atomic mass is 10.1. The number of hydrogen-bond acceptors (Lipinski definition) is 4. The predicted octanol–water partition coefficient (Wildman–Crippen LogP) is 5.38. The summed E-state index contributed by atoms with van der Waals surface area (Å²) in [4.78, 5) is 12.5. The lowest BCUT2D eigenvalue weighted by Gasteiger charge is -2.24. The van der Waals surface area contributed by atoms with Gasteiger partial charge in [-0.25, -0.2) is 8.42 Å². The van der Waals surface area contributed by atoms with E-state index in [4.69, 9.17) is 16.3 Å². The molecule has 0 aliphatic heterocycles. The average Bonchev–Trinajstić information content (AvgIpc) is 2.81. The molecule has 0 bridgehead atoms. The van der Waals surface area contributed by atoms with Gasteiger partial charge in [0.25, 0.3) is 5.91 Å². The molecule has 3 rings (SSSR count). The molecule has 0 saturated carbocycles. The Bertz CT molecular complexity index is 1240. The van der Waals surface area contributed by atoms with Crippen molar-refractivity contribution in [3.8, 4) is 5.75 Å². The molecule has 0 fully saturated rings. The second kappa shape index (κ2) is 12.1. The zero-order valence-electron chi connectivity index (χ0n) is 20.3. The van der Waals surface area contributed by atoms with Crippen molar-refractivity contribution in [1.29, 1.82) is 0 Å². The van der Waals surface area contributed by atoms with E-state index < -0.39 is 10.0 Å². The normalized spacial score (nSPS) is 11.2. The van der Waals surface area contributed by atoms with E-state index in [0.717, 1.165) is 29.7 Å². The van der Waals surface area contributed by atoms with Gasteiger partial charge in [0.05, 0.1) is 25.0 Å². The lowest BCUT2D eigenvalue weighted by molar-refractivity contribution is 0.0947. The van der Waals surface area contributed by atoms with Crippen LogP contribution in [0.3, 0.4) is 0 Å². The molecule has 8 heteroatoms. The minimum absolute atomic E-state index is 0.147. The molecule has 0 aliphatic carbocycles. The SMILES string of the molecule is CCCc1ccc(OCCNC(=O)c2ccc(CN(c3ccc(Cl)cc3C)S(C)(=O)=O)cc2)cc1. The number of halogens is 1. The first kappa shape index (κ1) is 26.6. The first-order valence-corrected chi connectivity index (χ1v) is 13.7. The number of amides is 1. The number of nitrogens with zero attached hydrogens (tertiary/aromatic N) is 1. The van der Waals surface area contributed by atoms with E-state index in [2.05, 4.69) is 24.4 Å². The molecule has 3 aromatic carbocycles. The molecule has 0 radical (unpaired) electrons. The molecule has 3 aromatic rings. The maximum Gasteiger partial charge on any atom is 0.251 e. The van der Waals surface area contributed by atoms with Gasteiger partial charge in [-0.3, -0.25) is 9.10 Å². The molecule has 35 heavy (non-hydrogen) atoms. The van der Waals surface area contributed by atoms with E-state index in [1.807, 2.05) is 19.1 Å². The minimum atomic E-state index is -3.52. The third kappa shape index (κ3) is 7.73. The summed E-state index contributed by atoms with van der Waals surface area (Å²) >= 11 is 6.02. The van der Waals surface area contributed by atoms with Crippen molar-refractivity contribution < 1.29 is 17.9 Å². The summed E-state index contributed by atoms with van der Waals surface area (Å²) < 4.78 is 31.9. The van der Waals surface area contributed by atoms with Crippen molar-refractivity contribution in [2.24, 2.45) is 0 Å². The van der Waals surface area contributed by atoms with Crippen molar-refractivity contribution in [3.63, 3.8) is 0 Å². The number of aryl methyl sites for hydroxylation is 2. The number of anilines is 1. The van der Waals surface area contributed by atoms with Crippen LogP contribution in [0.15, 0.2) is 66.7 Å². The number of rotatable bonds is 11. The number of carbonyl (C=O) groups excluding carboxylic acids is 1. The van der Waals surface area contributed by atoms with Gasteiger partial charge >= 0.3 is 0 Å². The van der Waals surface area contributed by atoms with Gasteiger partial charge in [0.15, 0.2) is 0 Å². The van der Waals surface area contributed by atoms with E-state index in [1.54, 1.807) is 42.5 Å². The van der Waals surface area contributed by atoms with Gasteiger partial charge in [-0.05, 0) is 72.5 Å². The summed E-state index contributed by atoms with van der Waals surface area (Å²) in [7, 11) is -3.52. The number of hydrogen-bond donors (Lipinski definition) is 1. The standard InChI is InChI=1S/C27H31ClN2O4S/c1-4-5-21-8-13-25(14-9-21)34-17-16-29-27(31)23-10-6-22(7-11-23)19-30(35(3,32)33)26-15-12-24(28)18-20(26)2/h6-15,18H,4-5,16-17,19H2,1-3H3,(H,29,31). The number of ether oxygens (including phenoxy) is 1. The largest absolute Gasteiger partial charge is 0.492 e. The van der Waals surface area contributed by atoms with Gasteiger partial charge in [-0.2, -0.15) is 0 Å². The fourth-order valence-electron chi connectivity index (χ4n) is 3.68. The monoisotopic (exact) mass is 514 g/mol. The van der Waals surface area contributed by atoms with Crippen LogP contribution in [0.4, 0.5) is 5.69 Å². The van der Waals surface area contributed by atoms with Crippen LogP contribution >= 0.6 is 11.6 Å². The Kier molecular flexibility index (Phi) is 9.18. The van der Waals surface area contributed by atoms with Crippen LogP contribution in [0.1, 0.15) is 40.4 Å². The third-order valence-electron chi connectivity index (χ3n) is 5.49. The first-order chi connectivity index (χ1) is 16.7. The maximum atomic E-state index is 12.5. The first-order valence-electron chi connectivity index (χ1n) is 11.5. The summed E-state index contributed by atoms with van der Waals surface area (Å²) in [5, 5.41) is 3.39. The highest BCUT2D eigenvalue weighted by atomic mass is 35.5. The summed E-state index contributed by atoms with van der Waals surface area (Å²) in [5.74, 6) is 0.557. The molecule has 0 atom stereocenters. The van der Waals surface area contributed by atoms with Crippen molar-refractivity contribution in [2.75, 3.05) is 23.7 Å². The van der Waals surface area contributed by atoms with E-state index >= 15 is 0 Å². The van der Waals surface area contributed by atoms with Gasteiger partial charge in [-0.1, -0.05) is 49.2 Å². The predicted molar refractivity (Wildman–Crippen MR) is 142 cm³/mol. The zero-order chi connectivity index (χ0) is 25.4. The Balaban J connectivity index is 1.55. The topological polar surface area (TPSA) is 75.7 Å². The van der Waals surface area contributed by atoms with Crippen molar-refractivity contribution in [1.82, 2.24) is 5.32 Å². The van der Waals surface area contributed by atoms with Crippen LogP contribution in [0, 0.1) is 6.92 Å². The molecule has 1 amide bonds. The molecular formula is C27H31ClN2O4S. The van der Waals surface area contributed by atoms with Crippen LogP contribution < -0.4 is 14.4 Å². The van der Waals surface area contributed by atoms with Crippen molar-refractivity contribution in [2.45, 2.75) is 33.2 Å². The maximum absolute atomic E-state index is 12.5. The smallest absolute Gasteiger partial charge is 0.251 e. The lowest BCUT2D eigenvalue weighted by Crippen LogP contribution is -2.30. The highest BCUT2D eigenvalue weighted by molar-refractivity contribution is 7.92. The van der Waals surface area contributed by atoms with Gasteiger partial charge in [0.1, 0.15) is 12.4 Å². The molecular weight excluding hydrogens is 484 g/mol. The second-order valence-electron chi connectivity index (χ2n) is 8.40. The fourth-order valence-corrected chi connectivity index (χ4v) is 4.86. The highest BCUT2D eigenvalue weighted by Gasteiger charge is 2.20. The quantitative estimate of drug-likeness (QED) is 0.349. The van der Waals surface area contributed by atoms with Crippen LogP contribution in [-0.4, -0.2) is 33.7 Å². The van der Waals surface area contributed by atoms with E-state index in [9.17, 15) is 13.2 Å². The summed E-state index contributed by atoms with van der Waals surface area (Å²) in [6.07, 6.45) is 3.32. The summed E-state index contributed by atoms with van der Waals surface area (Å²) in [6, 6.07) is 20.0. The Labute approximate surface area is 212 Å². The number of carbonyl (C=O) groups is 1. The number of benzene rings is 3. The Morgan fingerprint density at radius 3 is 2.26 bits per heavy atom. The molecule has 0 heterocycles. The Morgan fingerprint density at radius 2 is 1.66 bits per heavy atom. The molecule has 0 unspecified atom stereocenters. The molecule has 186 valence electrons. The minimum Gasteiger partial charge on any atom is -0.492 e. The van der Waals surface area contributed by atoms with Gasteiger partial charge in [0.2, 0.25) is 10.0 Å². The Morgan fingerprint density at radius 1 is 1.00 bits per heavy atom. The van der Waals surface area contributed by atoms with E-state index in [-0.39, 0.29) is 12.5 Å². The van der Waals surface area contributed by atoms with Crippen LogP contribution in [-0.2, 0) is 23.0 Å². The fraction of sp³-hybridized carbons (Fsp3) is 0.296. The van der Waals surface area contributed by atoms with Crippen molar-refractivity contribution >= 4 is 33.2 Å². The molecule has 0 aromatic heterocycles. The average molecular weight is 515 g/mol. The number of sulfonamides is 1. The highest BCUT2D eigenvalue weighted by Crippen LogP contribution is 2.27. The second-order valence-corrected chi connectivity index (χ2v) is 10.7. The van der Waals surface area contributed by atoms with Crippen LogP contribution in [0.2, 0.25) is 5.02 Å². The molecule has 0 saturated heterocycles. The van der Waals surface area contributed by atoms with E-state index in [0.29, 0.717) is 29.4 Å². The summed E-state index contributed by atoms with van der Waals surface area (Å²) in [6.45, 7) is 4.84. The van der Waals surface area contributed by atoms with Gasteiger partial charge in [0, 0.05) is 10.6 Å². The van der Waals surface area contributed by atoms with Crippen molar-refractivity contribution in [3.05, 3.63) is 94.0 Å². The van der Waals surface area contributed by atoms with Gasteiger partial charge in [-0.15, -0.1) is 0 Å². The zero-order valence-corrected chi connectivity index (χ0v) is 21.8. The van der Waals surface area contributed by atoms with Gasteiger partial charge < -0.3 is 10.1 Å². The molecule has 6 nitrogen and oxygen atoms in total. The van der Waals surface area contributed by atoms with E-state index in [1.165, 1.54) is 16.1 Å². The van der Waals surface area contributed by atoms with Crippen LogP contribution in [0.25, 0.3) is 0 Å². The summed E-state index contributed by atoms with van der Waals surface area (Å²) in [5.41, 5.74) is 3.86. The molecule has 0 spiro atoms. The molecule has 1 N–H and O–H groups in total. The third-order valence-corrected chi connectivity index (χ3v) is 6.85. The van der Waals surface area contributed by atoms with Crippen LogP contribution in [0.5, 0.6) is 5.75 Å².